The maximum atomic E-state index is 11.4. The van der Waals surface area contributed by atoms with Crippen molar-refractivity contribution in [1.82, 2.24) is 4.98 Å². The van der Waals surface area contributed by atoms with Crippen molar-refractivity contribution < 1.29 is 18.3 Å². The minimum Gasteiger partial charge on any atom is -0.476 e. The molecule has 1 N–H and O–H groups in total. The molecule has 0 unspecified atom stereocenters. The van der Waals surface area contributed by atoms with Gasteiger partial charge >= 0.3 is 5.97 Å². The summed E-state index contributed by atoms with van der Waals surface area (Å²) >= 11 is 0.689. The summed E-state index contributed by atoms with van der Waals surface area (Å²) in [5.41, 5.74) is 0. The predicted octanol–water partition coefficient (Wildman–Crippen LogP) is 1.03. The van der Waals surface area contributed by atoms with E-state index in [4.69, 9.17) is 5.11 Å². The lowest BCUT2D eigenvalue weighted by Crippen LogP contribution is -2.03. The fourth-order valence-electron chi connectivity index (χ4n) is 0.871. The second-order valence-electron chi connectivity index (χ2n) is 2.61. The number of carboxylic acid groups (broad SMARTS) is 1. The first kappa shape index (κ1) is 11.1. The van der Waals surface area contributed by atoms with Crippen LogP contribution in [-0.4, -0.2) is 30.2 Å². The maximum Gasteiger partial charge on any atom is 0.365 e. The van der Waals surface area contributed by atoms with Gasteiger partial charge in [0, 0.05) is 0 Å². The van der Waals surface area contributed by atoms with Gasteiger partial charge in [0.05, 0.1) is 11.9 Å². The summed E-state index contributed by atoms with van der Waals surface area (Å²) in [7, 11) is -3.33. The molecule has 0 aliphatic carbocycles. The van der Waals surface area contributed by atoms with Gasteiger partial charge in [-0.05, 0) is 6.42 Å². The van der Waals surface area contributed by atoms with E-state index >= 15 is 0 Å². The highest BCUT2D eigenvalue weighted by molar-refractivity contribution is 7.93. The molecule has 0 atom stereocenters. The molecule has 0 aliphatic rings. The van der Waals surface area contributed by atoms with Crippen LogP contribution in [0.5, 0.6) is 0 Å². The molecule has 14 heavy (non-hydrogen) atoms. The van der Waals surface area contributed by atoms with Crippen molar-refractivity contribution >= 4 is 27.1 Å². The average Bonchev–Trinajstić information content (AvgIpc) is 2.51. The lowest BCUT2D eigenvalue weighted by atomic mass is 10.6. The topological polar surface area (TPSA) is 84.3 Å². The van der Waals surface area contributed by atoms with Crippen LogP contribution in [0, 0.1) is 0 Å². The summed E-state index contributed by atoms with van der Waals surface area (Å²) in [6.07, 6.45) is 1.60. The number of aromatic carboxylic acids is 1. The van der Waals surface area contributed by atoms with Gasteiger partial charge in [0.25, 0.3) is 0 Å². The molecule has 1 rings (SSSR count). The van der Waals surface area contributed by atoms with Gasteiger partial charge in [0.1, 0.15) is 4.21 Å². The zero-order valence-electron chi connectivity index (χ0n) is 7.43. The van der Waals surface area contributed by atoms with E-state index in [0.29, 0.717) is 17.8 Å². The first-order chi connectivity index (χ1) is 6.47. The summed E-state index contributed by atoms with van der Waals surface area (Å²) in [6, 6.07) is 0. The van der Waals surface area contributed by atoms with E-state index in [0.717, 1.165) is 6.20 Å². The number of hydrogen-bond acceptors (Lipinski definition) is 5. The van der Waals surface area contributed by atoms with E-state index in [1.165, 1.54) is 0 Å². The Labute approximate surface area is 85.3 Å². The Balaban J connectivity index is 3.03. The summed E-state index contributed by atoms with van der Waals surface area (Å²) in [5.74, 6) is -1.18. The predicted molar refractivity (Wildman–Crippen MR) is 51.4 cm³/mol. The molecular formula is C7H9NO4S2. The first-order valence-electron chi connectivity index (χ1n) is 3.89. The minimum absolute atomic E-state index is 0.0221. The molecule has 0 aliphatic heterocycles. The van der Waals surface area contributed by atoms with Crippen LogP contribution >= 0.6 is 11.3 Å². The second kappa shape index (κ2) is 4.05. The highest BCUT2D eigenvalue weighted by Gasteiger charge is 2.19. The molecule has 1 aromatic heterocycles. The maximum absolute atomic E-state index is 11.4. The third kappa shape index (κ3) is 2.30. The quantitative estimate of drug-likeness (QED) is 0.842. The lowest BCUT2D eigenvalue weighted by molar-refractivity contribution is 0.0696. The largest absolute Gasteiger partial charge is 0.476 e. The van der Waals surface area contributed by atoms with E-state index in [9.17, 15) is 13.2 Å². The van der Waals surface area contributed by atoms with Crippen LogP contribution in [0.2, 0.25) is 0 Å². The van der Waals surface area contributed by atoms with Crippen molar-refractivity contribution in [3.8, 4) is 0 Å². The fourth-order valence-corrected chi connectivity index (χ4v) is 3.31. The van der Waals surface area contributed by atoms with Crippen LogP contribution in [-0.2, 0) is 9.84 Å². The van der Waals surface area contributed by atoms with E-state index < -0.39 is 15.8 Å². The molecule has 78 valence electrons. The van der Waals surface area contributed by atoms with Gasteiger partial charge < -0.3 is 5.11 Å². The highest BCUT2D eigenvalue weighted by atomic mass is 32.2. The summed E-state index contributed by atoms with van der Waals surface area (Å²) < 4.78 is 22.9. The smallest absolute Gasteiger partial charge is 0.365 e. The van der Waals surface area contributed by atoms with Crippen molar-refractivity contribution in [3.05, 3.63) is 11.2 Å². The van der Waals surface area contributed by atoms with Crippen LogP contribution in [0.15, 0.2) is 10.4 Å². The number of carboxylic acids is 1. The van der Waals surface area contributed by atoms with Crippen molar-refractivity contribution in [2.75, 3.05) is 5.75 Å². The Hall–Kier alpha value is -0.950. The summed E-state index contributed by atoms with van der Waals surface area (Å²) in [4.78, 5) is 14.0. The molecule has 5 nitrogen and oxygen atoms in total. The van der Waals surface area contributed by atoms with Gasteiger partial charge in [-0.1, -0.05) is 18.3 Å². The van der Waals surface area contributed by atoms with Crippen molar-refractivity contribution in [2.24, 2.45) is 0 Å². The van der Waals surface area contributed by atoms with E-state index in [1.807, 2.05) is 0 Å². The van der Waals surface area contributed by atoms with Crippen LogP contribution in [0.1, 0.15) is 23.1 Å². The molecular weight excluding hydrogens is 226 g/mol. The lowest BCUT2D eigenvalue weighted by Gasteiger charge is -1.95. The SMILES string of the molecule is CCCS(=O)(=O)c1cnc(C(=O)O)s1. The van der Waals surface area contributed by atoms with Crippen LogP contribution in [0.3, 0.4) is 0 Å². The Morgan fingerprint density at radius 1 is 1.64 bits per heavy atom. The summed E-state index contributed by atoms with van der Waals surface area (Å²) in [5, 5.41) is 8.35. The second-order valence-corrected chi connectivity index (χ2v) is 5.98. The molecule has 0 bridgehead atoms. The standard InChI is InChI=1S/C7H9NO4S2/c1-2-3-14(11,12)5-4-8-6(13-5)7(9)10/h4H,2-3H2,1H3,(H,9,10). The van der Waals surface area contributed by atoms with Gasteiger partial charge in [-0.3, -0.25) is 0 Å². The zero-order chi connectivity index (χ0) is 10.8. The Kier molecular flexibility index (Phi) is 3.22. The van der Waals surface area contributed by atoms with Crippen molar-refractivity contribution in [1.29, 1.82) is 0 Å². The van der Waals surface area contributed by atoms with Crippen molar-refractivity contribution in [3.63, 3.8) is 0 Å². The zero-order valence-corrected chi connectivity index (χ0v) is 9.06. The number of thiazole rings is 1. The minimum atomic E-state index is -3.33. The molecule has 0 saturated heterocycles. The molecule has 0 amide bonds. The van der Waals surface area contributed by atoms with Gasteiger partial charge in [-0.2, -0.15) is 0 Å². The third-order valence-corrected chi connectivity index (χ3v) is 4.90. The Morgan fingerprint density at radius 3 is 2.71 bits per heavy atom. The summed E-state index contributed by atoms with van der Waals surface area (Å²) in [6.45, 7) is 1.75. The van der Waals surface area contributed by atoms with Gasteiger partial charge in [0.2, 0.25) is 5.01 Å². The molecule has 0 fully saturated rings. The Bertz CT molecular complexity index is 434. The molecule has 1 aromatic rings. The average molecular weight is 235 g/mol. The van der Waals surface area contributed by atoms with Crippen molar-refractivity contribution in [2.45, 2.75) is 17.6 Å². The van der Waals surface area contributed by atoms with Gasteiger partial charge in [-0.25, -0.2) is 18.2 Å². The van der Waals surface area contributed by atoms with Crippen LogP contribution in [0.25, 0.3) is 0 Å². The third-order valence-electron chi connectivity index (χ3n) is 1.45. The molecule has 0 spiro atoms. The van der Waals surface area contributed by atoms with Crippen LogP contribution in [0.4, 0.5) is 0 Å². The normalized spacial score (nSPS) is 11.5. The molecule has 7 heteroatoms. The monoisotopic (exact) mass is 235 g/mol. The van der Waals surface area contributed by atoms with E-state index in [-0.39, 0.29) is 15.0 Å². The molecule has 0 aromatic carbocycles. The number of sulfone groups is 1. The molecule has 0 radical (unpaired) electrons. The van der Waals surface area contributed by atoms with Gasteiger partial charge in [0.15, 0.2) is 9.84 Å². The van der Waals surface area contributed by atoms with E-state index in [2.05, 4.69) is 4.98 Å². The Morgan fingerprint density at radius 2 is 2.29 bits per heavy atom. The number of nitrogens with zero attached hydrogens (tertiary/aromatic N) is 1. The number of carbonyl (C=O) groups is 1. The van der Waals surface area contributed by atoms with Crippen LogP contribution < -0.4 is 0 Å². The van der Waals surface area contributed by atoms with E-state index in [1.54, 1.807) is 6.92 Å². The number of rotatable bonds is 4. The first-order valence-corrected chi connectivity index (χ1v) is 6.36. The van der Waals surface area contributed by atoms with Gasteiger partial charge in [-0.15, -0.1) is 0 Å². The number of aromatic nitrogens is 1. The molecule has 1 heterocycles. The fraction of sp³-hybridized carbons (Fsp3) is 0.429. The molecule has 0 saturated carbocycles. The number of hydrogen-bond donors (Lipinski definition) is 1. The highest BCUT2D eigenvalue weighted by Crippen LogP contribution is 2.20.